The van der Waals surface area contributed by atoms with Gasteiger partial charge in [0.05, 0.1) is 28.4 Å². The van der Waals surface area contributed by atoms with Crippen molar-refractivity contribution in [2.45, 2.75) is 6.61 Å². The molecular weight excluding hydrogens is 474 g/mol. The molecule has 0 atom stereocenters. The third kappa shape index (κ3) is 5.49. The number of methoxy groups -OCH3 is 1. The fraction of sp³-hybridized carbons (Fsp3) is 0.0952. The predicted octanol–water partition coefficient (Wildman–Crippen LogP) is 6.04. The minimum absolute atomic E-state index is 0.0191. The van der Waals surface area contributed by atoms with Crippen molar-refractivity contribution in [2.24, 2.45) is 5.10 Å². The number of nitro benzene ring substituents is 1. The van der Waals surface area contributed by atoms with E-state index in [1.807, 2.05) is 30.3 Å². The molecule has 0 fully saturated rings. The van der Waals surface area contributed by atoms with Gasteiger partial charge in [0.15, 0.2) is 11.5 Å². The van der Waals surface area contributed by atoms with Crippen LogP contribution in [0, 0.1) is 10.1 Å². The Bertz CT molecular complexity index is 1070. The molecular formula is C21H17BrClN3O4. The van der Waals surface area contributed by atoms with Crippen LogP contribution in [0.25, 0.3) is 0 Å². The number of nitrogens with one attached hydrogen (secondary N) is 1. The number of anilines is 1. The van der Waals surface area contributed by atoms with Gasteiger partial charge in [-0.1, -0.05) is 29.8 Å². The smallest absolute Gasteiger partial charge is 0.269 e. The summed E-state index contributed by atoms with van der Waals surface area (Å²) < 4.78 is 12.1. The summed E-state index contributed by atoms with van der Waals surface area (Å²) in [7, 11) is 1.56. The number of rotatable bonds is 8. The van der Waals surface area contributed by atoms with E-state index in [1.165, 1.54) is 12.1 Å². The summed E-state index contributed by atoms with van der Waals surface area (Å²) in [6.45, 7) is 0.295. The van der Waals surface area contributed by atoms with Crippen LogP contribution in [0.1, 0.15) is 11.1 Å². The van der Waals surface area contributed by atoms with Crippen LogP contribution in [-0.2, 0) is 6.61 Å². The van der Waals surface area contributed by atoms with Crippen molar-refractivity contribution in [3.63, 3.8) is 0 Å². The minimum Gasteiger partial charge on any atom is -0.493 e. The molecule has 0 bridgehead atoms. The van der Waals surface area contributed by atoms with Crippen LogP contribution in [0.5, 0.6) is 11.5 Å². The fourth-order valence-corrected chi connectivity index (χ4v) is 3.32. The summed E-state index contributed by atoms with van der Waals surface area (Å²) in [4.78, 5) is 10.2. The van der Waals surface area contributed by atoms with Gasteiger partial charge in [0, 0.05) is 22.7 Å². The lowest BCUT2D eigenvalue weighted by Gasteiger charge is -2.14. The molecule has 9 heteroatoms. The highest BCUT2D eigenvalue weighted by Crippen LogP contribution is 2.37. The maximum Gasteiger partial charge on any atom is 0.269 e. The second kappa shape index (κ2) is 10.1. The van der Waals surface area contributed by atoms with Gasteiger partial charge in [-0.25, -0.2) is 0 Å². The summed E-state index contributed by atoms with van der Waals surface area (Å²) in [6.07, 6.45) is 1.60. The Labute approximate surface area is 186 Å². The van der Waals surface area contributed by atoms with E-state index >= 15 is 0 Å². The highest BCUT2D eigenvalue weighted by Gasteiger charge is 2.12. The van der Waals surface area contributed by atoms with Crippen molar-refractivity contribution in [1.29, 1.82) is 0 Å². The highest BCUT2D eigenvalue weighted by atomic mass is 79.9. The van der Waals surface area contributed by atoms with Gasteiger partial charge in [0.1, 0.15) is 6.61 Å². The largest absolute Gasteiger partial charge is 0.493 e. The molecule has 0 amide bonds. The average molecular weight is 491 g/mol. The number of ether oxygens (including phenoxy) is 2. The molecule has 7 nitrogen and oxygen atoms in total. The SMILES string of the molecule is COc1cc(/C=N\Nc2ccc([N+](=O)[O-])cc2)cc(Br)c1OCc1ccccc1Cl. The van der Waals surface area contributed by atoms with Gasteiger partial charge >= 0.3 is 0 Å². The van der Waals surface area contributed by atoms with Gasteiger partial charge in [-0.15, -0.1) is 0 Å². The molecule has 1 N–H and O–H groups in total. The number of nitro groups is 1. The van der Waals surface area contributed by atoms with Gasteiger partial charge in [-0.2, -0.15) is 5.10 Å². The number of hydrogen-bond donors (Lipinski definition) is 1. The van der Waals surface area contributed by atoms with Crippen LogP contribution in [0.4, 0.5) is 11.4 Å². The zero-order valence-corrected chi connectivity index (χ0v) is 18.2. The number of non-ortho nitro benzene ring substituents is 1. The number of nitrogens with zero attached hydrogens (tertiary/aromatic N) is 2. The molecule has 0 aliphatic heterocycles. The van der Waals surface area contributed by atoms with Crippen LogP contribution in [0.3, 0.4) is 0 Å². The Morgan fingerprint density at radius 2 is 1.93 bits per heavy atom. The van der Waals surface area contributed by atoms with Crippen LogP contribution in [0.15, 0.2) is 70.2 Å². The normalized spacial score (nSPS) is 10.8. The lowest BCUT2D eigenvalue weighted by atomic mass is 10.2. The van der Waals surface area contributed by atoms with Gasteiger partial charge in [-0.3, -0.25) is 15.5 Å². The average Bonchev–Trinajstić information content (AvgIpc) is 2.74. The molecule has 0 aromatic heterocycles. The first-order valence-corrected chi connectivity index (χ1v) is 9.92. The van der Waals surface area contributed by atoms with Crippen LogP contribution < -0.4 is 14.9 Å². The second-order valence-electron chi connectivity index (χ2n) is 6.09. The van der Waals surface area contributed by atoms with E-state index in [4.69, 9.17) is 21.1 Å². The van der Waals surface area contributed by atoms with E-state index in [2.05, 4.69) is 26.5 Å². The van der Waals surface area contributed by atoms with Crippen LogP contribution >= 0.6 is 27.5 Å². The molecule has 0 radical (unpaired) electrons. The zero-order valence-electron chi connectivity index (χ0n) is 15.8. The molecule has 0 saturated carbocycles. The molecule has 0 aliphatic carbocycles. The third-order valence-electron chi connectivity index (χ3n) is 4.07. The van der Waals surface area contributed by atoms with Gasteiger partial charge < -0.3 is 9.47 Å². The van der Waals surface area contributed by atoms with Gasteiger partial charge in [-0.05, 0) is 51.8 Å². The van der Waals surface area contributed by atoms with E-state index in [-0.39, 0.29) is 5.69 Å². The summed E-state index contributed by atoms with van der Waals surface area (Å²) in [5.74, 6) is 1.09. The quantitative estimate of drug-likeness (QED) is 0.236. The number of benzene rings is 3. The van der Waals surface area contributed by atoms with Gasteiger partial charge in [0.25, 0.3) is 5.69 Å². The molecule has 0 heterocycles. The lowest BCUT2D eigenvalue weighted by molar-refractivity contribution is -0.384. The molecule has 154 valence electrons. The van der Waals surface area contributed by atoms with E-state index < -0.39 is 4.92 Å². The Balaban J connectivity index is 1.70. The molecule has 3 aromatic carbocycles. The van der Waals surface area contributed by atoms with E-state index in [1.54, 1.807) is 31.5 Å². The number of hydrogen-bond acceptors (Lipinski definition) is 6. The summed E-state index contributed by atoms with van der Waals surface area (Å²) in [6, 6.07) is 17.1. The van der Waals surface area contributed by atoms with Crippen molar-refractivity contribution in [3.8, 4) is 11.5 Å². The predicted molar refractivity (Wildman–Crippen MR) is 121 cm³/mol. The van der Waals surface area contributed by atoms with E-state index in [0.29, 0.717) is 33.3 Å². The molecule has 0 saturated heterocycles. The lowest BCUT2D eigenvalue weighted by Crippen LogP contribution is -2.00. The highest BCUT2D eigenvalue weighted by molar-refractivity contribution is 9.10. The van der Waals surface area contributed by atoms with Crippen molar-refractivity contribution in [3.05, 3.63) is 91.4 Å². The van der Waals surface area contributed by atoms with Crippen LogP contribution in [0.2, 0.25) is 5.02 Å². The minimum atomic E-state index is -0.452. The molecule has 3 rings (SSSR count). The third-order valence-corrected chi connectivity index (χ3v) is 5.02. The molecule has 0 aliphatic rings. The van der Waals surface area contributed by atoms with Crippen molar-refractivity contribution in [2.75, 3.05) is 12.5 Å². The Hall–Kier alpha value is -3.10. The van der Waals surface area contributed by atoms with Crippen LogP contribution in [-0.4, -0.2) is 18.2 Å². The van der Waals surface area contributed by atoms with Crippen molar-refractivity contribution >= 4 is 45.1 Å². The zero-order chi connectivity index (χ0) is 21.5. The molecule has 30 heavy (non-hydrogen) atoms. The first kappa shape index (κ1) is 21.6. The fourth-order valence-electron chi connectivity index (χ4n) is 2.56. The van der Waals surface area contributed by atoms with E-state index in [0.717, 1.165) is 11.1 Å². The molecule has 3 aromatic rings. The number of halogens is 2. The first-order valence-electron chi connectivity index (χ1n) is 8.75. The topological polar surface area (TPSA) is 86.0 Å². The first-order chi connectivity index (χ1) is 14.5. The standard InChI is InChI=1S/C21H17BrClN3O4/c1-29-20-11-14(12-24-25-16-6-8-17(9-7-16)26(27)28)10-18(22)21(20)30-13-15-4-2-3-5-19(15)23/h2-12,25H,13H2,1H3/b24-12-. The summed E-state index contributed by atoms with van der Waals surface area (Å²) in [5.41, 5.74) is 5.10. The maximum absolute atomic E-state index is 10.7. The maximum atomic E-state index is 10.7. The van der Waals surface area contributed by atoms with Crippen molar-refractivity contribution in [1.82, 2.24) is 0 Å². The summed E-state index contributed by atoms with van der Waals surface area (Å²) >= 11 is 9.69. The van der Waals surface area contributed by atoms with E-state index in [9.17, 15) is 10.1 Å². The summed E-state index contributed by atoms with van der Waals surface area (Å²) in [5, 5.41) is 15.5. The monoisotopic (exact) mass is 489 g/mol. The second-order valence-corrected chi connectivity index (χ2v) is 7.35. The van der Waals surface area contributed by atoms with Gasteiger partial charge in [0.2, 0.25) is 0 Å². The number of hydrazone groups is 1. The Morgan fingerprint density at radius 3 is 2.60 bits per heavy atom. The van der Waals surface area contributed by atoms with Crippen molar-refractivity contribution < 1.29 is 14.4 Å². The molecule has 0 spiro atoms. The Morgan fingerprint density at radius 1 is 1.20 bits per heavy atom. The Kier molecular flexibility index (Phi) is 7.26. The molecule has 0 unspecified atom stereocenters.